The third kappa shape index (κ3) is 5.05. The Hall–Kier alpha value is -3.04. The summed E-state index contributed by atoms with van der Waals surface area (Å²) in [6.07, 6.45) is 0. The summed E-state index contributed by atoms with van der Waals surface area (Å²) in [4.78, 5) is 7.14. The number of ether oxygens (including phenoxy) is 2. The van der Waals surface area contributed by atoms with E-state index in [1.165, 1.54) is 5.69 Å². The molecule has 0 unspecified atom stereocenters. The molecule has 0 fully saturated rings. The lowest BCUT2D eigenvalue weighted by molar-refractivity contribution is 0.395. The van der Waals surface area contributed by atoms with E-state index >= 15 is 0 Å². The smallest absolute Gasteiger partial charge is 0.191 e. The van der Waals surface area contributed by atoms with Crippen LogP contribution in [0.25, 0.3) is 22.0 Å². The van der Waals surface area contributed by atoms with Gasteiger partial charge in [0.25, 0.3) is 0 Å². The van der Waals surface area contributed by atoms with Crippen LogP contribution >= 0.6 is 23.1 Å². The largest absolute Gasteiger partial charge is 0.497 e. The van der Waals surface area contributed by atoms with Crippen LogP contribution in [0.4, 0.5) is 5.69 Å². The van der Waals surface area contributed by atoms with E-state index < -0.39 is 0 Å². The number of rotatable bonds is 10. The molecule has 34 heavy (non-hydrogen) atoms. The minimum atomic E-state index is 0.710. The summed E-state index contributed by atoms with van der Waals surface area (Å²) < 4.78 is 12.9. The van der Waals surface area contributed by atoms with Gasteiger partial charge in [-0.05, 0) is 50.2 Å². The molecule has 0 saturated heterocycles. The maximum absolute atomic E-state index is 5.53. The van der Waals surface area contributed by atoms with Crippen molar-refractivity contribution in [2.45, 2.75) is 24.8 Å². The van der Waals surface area contributed by atoms with Gasteiger partial charge >= 0.3 is 0 Å². The first kappa shape index (κ1) is 24.1. The fourth-order valence-corrected chi connectivity index (χ4v) is 5.47. The van der Waals surface area contributed by atoms with Crippen LogP contribution in [0.3, 0.4) is 0 Å². The zero-order valence-corrected chi connectivity index (χ0v) is 21.7. The second kappa shape index (κ2) is 10.9. The average molecular weight is 496 g/mol. The van der Waals surface area contributed by atoms with E-state index in [-0.39, 0.29) is 0 Å². The highest BCUT2D eigenvalue weighted by molar-refractivity contribution is 7.98. The number of nitrogens with zero attached hydrogens (tertiary/aromatic N) is 5. The molecule has 0 bridgehead atoms. The lowest BCUT2D eigenvalue weighted by atomic mass is 10.2. The van der Waals surface area contributed by atoms with Crippen molar-refractivity contribution >= 4 is 28.8 Å². The molecule has 0 N–H and O–H groups in total. The molecule has 7 nitrogen and oxygen atoms in total. The van der Waals surface area contributed by atoms with Crippen molar-refractivity contribution in [1.29, 1.82) is 0 Å². The van der Waals surface area contributed by atoms with Crippen molar-refractivity contribution in [3.63, 3.8) is 0 Å². The standard InChI is InChI=1S/C25H29N5O2S2/c1-6-30(7-2)19-10-8-17(9-11-19)23-27-28-25(29(23)3)34-16-18-15-33-24(26-18)21-13-12-20(31-4)14-22(21)32-5/h8-15H,6-7,16H2,1-5H3. The maximum atomic E-state index is 5.53. The van der Waals surface area contributed by atoms with Crippen LogP contribution in [0.15, 0.2) is 53.0 Å². The molecule has 9 heteroatoms. The molecule has 4 rings (SSSR count). The van der Waals surface area contributed by atoms with E-state index in [0.717, 1.165) is 57.4 Å². The Morgan fingerprint density at radius 1 is 1.00 bits per heavy atom. The van der Waals surface area contributed by atoms with Gasteiger partial charge in [-0.1, -0.05) is 11.8 Å². The number of anilines is 1. The number of aromatic nitrogens is 4. The molecule has 0 aliphatic heterocycles. The molecule has 0 spiro atoms. The zero-order chi connectivity index (χ0) is 24.1. The predicted octanol–water partition coefficient (Wildman–Crippen LogP) is 5.76. The fourth-order valence-electron chi connectivity index (χ4n) is 3.71. The quantitative estimate of drug-likeness (QED) is 0.259. The van der Waals surface area contributed by atoms with Gasteiger partial charge in [0.05, 0.1) is 25.5 Å². The summed E-state index contributed by atoms with van der Waals surface area (Å²) in [5.41, 5.74) is 4.23. The Labute approximate surface area is 208 Å². The van der Waals surface area contributed by atoms with Gasteiger partial charge in [-0.2, -0.15) is 0 Å². The molecule has 4 aromatic rings. The Kier molecular flexibility index (Phi) is 7.74. The molecule has 2 heterocycles. The number of hydrogen-bond donors (Lipinski definition) is 0. The minimum absolute atomic E-state index is 0.710. The van der Waals surface area contributed by atoms with E-state index in [2.05, 4.69) is 58.6 Å². The van der Waals surface area contributed by atoms with Crippen molar-refractivity contribution in [1.82, 2.24) is 19.7 Å². The van der Waals surface area contributed by atoms with Crippen LogP contribution in [0, 0.1) is 0 Å². The number of thioether (sulfide) groups is 1. The van der Waals surface area contributed by atoms with Gasteiger partial charge in [0, 0.05) is 48.6 Å². The summed E-state index contributed by atoms with van der Waals surface area (Å²) in [5, 5.41) is 12.7. The Bertz CT molecular complexity index is 1230. The molecule has 0 radical (unpaired) electrons. The van der Waals surface area contributed by atoms with Gasteiger partial charge < -0.3 is 18.9 Å². The lowest BCUT2D eigenvalue weighted by Gasteiger charge is -2.21. The highest BCUT2D eigenvalue weighted by atomic mass is 32.2. The topological polar surface area (TPSA) is 65.3 Å². The molecule has 0 saturated carbocycles. The Morgan fingerprint density at radius 3 is 2.44 bits per heavy atom. The summed E-state index contributed by atoms with van der Waals surface area (Å²) in [6, 6.07) is 14.3. The molecule has 0 aliphatic carbocycles. The number of thiazole rings is 1. The number of benzene rings is 2. The van der Waals surface area contributed by atoms with Crippen LogP contribution in [-0.4, -0.2) is 47.1 Å². The third-order valence-corrected chi connectivity index (χ3v) is 7.61. The second-order valence-electron chi connectivity index (χ2n) is 7.58. The summed E-state index contributed by atoms with van der Waals surface area (Å²) in [6.45, 7) is 6.32. The fraction of sp³-hybridized carbons (Fsp3) is 0.320. The van der Waals surface area contributed by atoms with E-state index in [1.54, 1.807) is 37.3 Å². The highest BCUT2D eigenvalue weighted by Crippen LogP contribution is 2.36. The molecular weight excluding hydrogens is 466 g/mol. The Balaban J connectivity index is 1.45. The van der Waals surface area contributed by atoms with Crippen LogP contribution in [-0.2, 0) is 12.8 Å². The molecule has 2 aromatic heterocycles. The number of hydrogen-bond acceptors (Lipinski definition) is 8. The van der Waals surface area contributed by atoms with E-state index in [4.69, 9.17) is 14.5 Å². The second-order valence-corrected chi connectivity index (χ2v) is 9.38. The first-order chi connectivity index (χ1) is 16.6. The number of methoxy groups -OCH3 is 2. The maximum Gasteiger partial charge on any atom is 0.191 e. The molecule has 0 aliphatic rings. The van der Waals surface area contributed by atoms with Crippen molar-refractivity contribution in [3.05, 3.63) is 53.5 Å². The van der Waals surface area contributed by atoms with Crippen LogP contribution in [0.5, 0.6) is 11.5 Å². The van der Waals surface area contributed by atoms with Crippen molar-refractivity contribution in [3.8, 4) is 33.5 Å². The third-order valence-electron chi connectivity index (χ3n) is 5.63. The van der Waals surface area contributed by atoms with Crippen LogP contribution in [0.1, 0.15) is 19.5 Å². The van der Waals surface area contributed by atoms with Gasteiger partial charge in [0.15, 0.2) is 11.0 Å². The van der Waals surface area contributed by atoms with E-state index in [1.807, 2.05) is 29.8 Å². The van der Waals surface area contributed by atoms with Crippen molar-refractivity contribution in [2.75, 3.05) is 32.2 Å². The zero-order valence-electron chi connectivity index (χ0n) is 20.1. The predicted molar refractivity (Wildman–Crippen MR) is 140 cm³/mol. The minimum Gasteiger partial charge on any atom is -0.497 e. The summed E-state index contributed by atoms with van der Waals surface area (Å²) in [7, 11) is 5.31. The summed E-state index contributed by atoms with van der Waals surface area (Å²) in [5.74, 6) is 3.07. The molecule has 2 aromatic carbocycles. The first-order valence-electron chi connectivity index (χ1n) is 11.1. The molecule has 0 amide bonds. The van der Waals surface area contributed by atoms with Crippen LogP contribution < -0.4 is 14.4 Å². The average Bonchev–Trinajstić information content (AvgIpc) is 3.50. The van der Waals surface area contributed by atoms with Gasteiger partial charge in [0.1, 0.15) is 16.5 Å². The van der Waals surface area contributed by atoms with E-state index in [0.29, 0.717) is 5.75 Å². The highest BCUT2D eigenvalue weighted by Gasteiger charge is 2.15. The van der Waals surface area contributed by atoms with Gasteiger partial charge in [0.2, 0.25) is 0 Å². The molecular formula is C25H29N5O2S2. The first-order valence-corrected chi connectivity index (χ1v) is 13.0. The van der Waals surface area contributed by atoms with Crippen molar-refractivity contribution < 1.29 is 9.47 Å². The monoisotopic (exact) mass is 495 g/mol. The van der Waals surface area contributed by atoms with E-state index in [9.17, 15) is 0 Å². The molecule has 178 valence electrons. The summed E-state index contributed by atoms with van der Waals surface area (Å²) >= 11 is 3.23. The molecule has 0 atom stereocenters. The Morgan fingerprint density at radius 2 is 1.76 bits per heavy atom. The SMILES string of the molecule is CCN(CC)c1ccc(-c2nnc(SCc3csc(-c4ccc(OC)cc4OC)n3)n2C)cc1. The van der Waals surface area contributed by atoms with Gasteiger partial charge in [-0.15, -0.1) is 21.5 Å². The lowest BCUT2D eigenvalue weighted by Crippen LogP contribution is -2.21. The van der Waals surface area contributed by atoms with Gasteiger partial charge in [-0.3, -0.25) is 0 Å². The van der Waals surface area contributed by atoms with Crippen molar-refractivity contribution in [2.24, 2.45) is 7.05 Å². The van der Waals surface area contributed by atoms with Crippen LogP contribution in [0.2, 0.25) is 0 Å². The normalized spacial score (nSPS) is 11.0. The van der Waals surface area contributed by atoms with Gasteiger partial charge in [-0.25, -0.2) is 4.98 Å².